The van der Waals surface area contributed by atoms with Gasteiger partial charge < -0.3 is 14.2 Å². The van der Waals surface area contributed by atoms with E-state index in [-0.39, 0.29) is 6.04 Å². The molecule has 1 atom stereocenters. The first kappa shape index (κ1) is 13.6. The van der Waals surface area contributed by atoms with E-state index in [4.69, 9.17) is 8.83 Å². The van der Waals surface area contributed by atoms with Crippen LogP contribution in [0, 0.1) is 6.92 Å². The quantitative estimate of drug-likeness (QED) is 0.754. The highest BCUT2D eigenvalue weighted by Crippen LogP contribution is 2.21. The summed E-state index contributed by atoms with van der Waals surface area (Å²) in [5, 5.41) is 7.62. The van der Waals surface area contributed by atoms with Gasteiger partial charge in [-0.1, -0.05) is 0 Å². The first-order chi connectivity index (χ1) is 10.2. The van der Waals surface area contributed by atoms with E-state index in [1.165, 1.54) is 0 Å². The average molecular weight is 286 g/mol. The zero-order valence-corrected chi connectivity index (χ0v) is 12.1. The summed E-state index contributed by atoms with van der Waals surface area (Å²) < 4.78 is 12.8. The predicted octanol–water partition coefficient (Wildman–Crippen LogP) is 2.62. The van der Waals surface area contributed by atoms with Gasteiger partial charge in [-0.25, -0.2) is 4.98 Å². The summed E-state index contributed by atoms with van der Waals surface area (Å²) in [6.45, 7) is 5.49. The molecule has 6 heteroatoms. The molecular weight excluding hydrogens is 268 g/mol. The van der Waals surface area contributed by atoms with E-state index in [1.54, 1.807) is 12.5 Å². The Morgan fingerprint density at radius 3 is 3.00 bits per heavy atom. The molecule has 0 spiro atoms. The molecule has 0 amide bonds. The van der Waals surface area contributed by atoms with Crippen molar-refractivity contribution in [1.82, 2.24) is 20.1 Å². The second-order valence-corrected chi connectivity index (χ2v) is 5.01. The van der Waals surface area contributed by atoms with Gasteiger partial charge in [0, 0.05) is 25.0 Å². The fourth-order valence-corrected chi connectivity index (χ4v) is 2.12. The van der Waals surface area contributed by atoms with Crippen LogP contribution in [0.3, 0.4) is 0 Å². The Balaban J connectivity index is 1.60. The van der Waals surface area contributed by atoms with Crippen LogP contribution in [-0.2, 0) is 13.1 Å². The molecule has 110 valence electrons. The average Bonchev–Trinajstić information content (AvgIpc) is 3.17. The van der Waals surface area contributed by atoms with Crippen molar-refractivity contribution in [3.05, 3.63) is 48.3 Å². The normalized spacial score (nSPS) is 12.7. The summed E-state index contributed by atoms with van der Waals surface area (Å²) in [6, 6.07) is 5.86. The lowest BCUT2D eigenvalue weighted by molar-refractivity contribution is 0.446. The molecule has 1 N–H and O–H groups in total. The first-order valence-corrected chi connectivity index (χ1v) is 6.93. The molecule has 3 aromatic heterocycles. The lowest BCUT2D eigenvalue weighted by Gasteiger charge is -2.12. The van der Waals surface area contributed by atoms with Crippen molar-refractivity contribution >= 4 is 0 Å². The summed E-state index contributed by atoms with van der Waals surface area (Å²) in [4.78, 5) is 4.48. The Labute approximate surface area is 122 Å². The van der Waals surface area contributed by atoms with Gasteiger partial charge in [0.15, 0.2) is 5.76 Å². The van der Waals surface area contributed by atoms with Gasteiger partial charge in [-0.2, -0.15) is 5.10 Å². The van der Waals surface area contributed by atoms with E-state index in [0.717, 1.165) is 18.0 Å². The van der Waals surface area contributed by atoms with Gasteiger partial charge >= 0.3 is 0 Å². The minimum absolute atomic E-state index is 0.285. The number of hydrogen-bond acceptors (Lipinski definition) is 5. The van der Waals surface area contributed by atoms with Gasteiger partial charge in [0.1, 0.15) is 5.76 Å². The van der Waals surface area contributed by atoms with Gasteiger partial charge in [-0.05, 0) is 32.0 Å². The van der Waals surface area contributed by atoms with Gasteiger partial charge in [0.2, 0.25) is 0 Å². The maximum atomic E-state index is 5.63. The Hall–Kier alpha value is -2.34. The summed E-state index contributed by atoms with van der Waals surface area (Å²) in [6.07, 6.45) is 5.34. The van der Waals surface area contributed by atoms with Crippen LogP contribution in [0.25, 0.3) is 11.7 Å². The molecule has 0 aliphatic carbocycles. The van der Waals surface area contributed by atoms with Crippen molar-refractivity contribution in [3.63, 3.8) is 0 Å². The third kappa shape index (κ3) is 3.22. The lowest BCUT2D eigenvalue weighted by atomic mass is 10.3. The van der Waals surface area contributed by atoms with Crippen LogP contribution in [0.1, 0.15) is 18.4 Å². The van der Waals surface area contributed by atoms with Crippen molar-refractivity contribution in [3.8, 4) is 11.7 Å². The van der Waals surface area contributed by atoms with Crippen LogP contribution < -0.4 is 5.32 Å². The summed E-state index contributed by atoms with van der Waals surface area (Å²) in [7, 11) is 0. The molecule has 21 heavy (non-hydrogen) atoms. The van der Waals surface area contributed by atoms with E-state index in [2.05, 4.69) is 22.3 Å². The van der Waals surface area contributed by atoms with E-state index in [0.29, 0.717) is 18.2 Å². The molecule has 3 heterocycles. The van der Waals surface area contributed by atoms with Crippen molar-refractivity contribution in [1.29, 1.82) is 0 Å². The van der Waals surface area contributed by atoms with E-state index in [9.17, 15) is 0 Å². The predicted molar refractivity (Wildman–Crippen MR) is 77.5 cm³/mol. The van der Waals surface area contributed by atoms with Crippen LogP contribution in [-0.4, -0.2) is 20.8 Å². The SMILES string of the molecule is Cc1oc(-c2ccco2)nc1CN[C@@H](C)Cn1cccn1. The van der Waals surface area contributed by atoms with Crippen molar-refractivity contribution in [2.24, 2.45) is 0 Å². The first-order valence-electron chi connectivity index (χ1n) is 6.93. The summed E-state index contributed by atoms with van der Waals surface area (Å²) >= 11 is 0. The maximum absolute atomic E-state index is 5.63. The van der Waals surface area contributed by atoms with E-state index >= 15 is 0 Å². The number of aryl methyl sites for hydroxylation is 1. The fourth-order valence-electron chi connectivity index (χ4n) is 2.12. The molecule has 0 aliphatic rings. The molecule has 0 saturated heterocycles. The van der Waals surface area contributed by atoms with Crippen LogP contribution in [0.4, 0.5) is 0 Å². The summed E-state index contributed by atoms with van der Waals surface area (Å²) in [5.74, 6) is 1.98. The highest BCUT2D eigenvalue weighted by atomic mass is 16.4. The number of nitrogens with zero attached hydrogens (tertiary/aromatic N) is 3. The van der Waals surface area contributed by atoms with Crippen LogP contribution in [0.2, 0.25) is 0 Å². The van der Waals surface area contributed by atoms with Crippen molar-refractivity contribution < 1.29 is 8.83 Å². The zero-order valence-electron chi connectivity index (χ0n) is 12.1. The molecule has 0 unspecified atom stereocenters. The molecule has 0 fully saturated rings. The van der Waals surface area contributed by atoms with Gasteiger partial charge in [0.05, 0.1) is 18.5 Å². The molecule has 0 radical (unpaired) electrons. The Kier molecular flexibility index (Phi) is 3.87. The van der Waals surface area contributed by atoms with Crippen LogP contribution in [0.5, 0.6) is 0 Å². The minimum atomic E-state index is 0.285. The Morgan fingerprint density at radius 2 is 2.29 bits per heavy atom. The molecule has 3 rings (SSSR count). The van der Waals surface area contributed by atoms with Crippen LogP contribution in [0.15, 0.2) is 45.7 Å². The number of nitrogens with one attached hydrogen (secondary N) is 1. The van der Waals surface area contributed by atoms with Gasteiger partial charge in [0.25, 0.3) is 5.89 Å². The number of aromatic nitrogens is 3. The molecule has 0 aromatic carbocycles. The minimum Gasteiger partial charge on any atom is -0.459 e. The standard InChI is InChI=1S/C15H18N4O2/c1-11(10-19-7-4-6-17-19)16-9-13-12(2)21-15(18-13)14-5-3-8-20-14/h3-8,11,16H,9-10H2,1-2H3/t11-/m0/s1. The van der Waals surface area contributed by atoms with Crippen LogP contribution >= 0.6 is 0 Å². The third-order valence-corrected chi connectivity index (χ3v) is 3.26. The molecule has 0 saturated carbocycles. The number of hydrogen-bond donors (Lipinski definition) is 1. The molecule has 0 bridgehead atoms. The van der Waals surface area contributed by atoms with Crippen molar-refractivity contribution in [2.45, 2.75) is 33.0 Å². The third-order valence-electron chi connectivity index (χ3n) is 3.26. The van der Waals surface area contributed by atoms with E-state index < -0.39 is 0 Å². The Morgan fingerprint density at radius 1 is 1.38 bits per heavy atom. The second kappa shape index (κ2) is 5.97. The summed E-state index contributed by atoms with van der Waals surface area (Å²) in [5.41, 5.74) is 0.897. The topological polar surface area (TPSA) is 69.0 Å². The smallest absolute Gasteiger partial charge is 0.263 e. The van der Waals surface area contributed by atoms with E-state index in [1.807, 2.05) is 36.0 Å². The largest absolute Gasteiger partial charge is 0.459 e. The number of furan rings is 1. The zero-order chi connectivity index (χ0) is 14.7. The highest BCUT2D eigenvalue weighted by molar-refractivity contribution is 5.44. The molecular formula is C15H18N4O2. The highest BCUT2D eigenvalue weighted by Gasteiger charge is 2.14. The number of rotatable bonds is 6. The molecule has 0 aliphatic heterocycles. The molecule has 3 aromatic rings. The van der Waals surface area contributed by atoms with Crippen molar-refractivity contribution in [2.75, 3.05) is 0 Å². The second-order valence-electron chi connectivity index (χ2n) is 5.01. The maximum Gasteiger partial charge on any atom is 0.263 e. The number of oxazole rings is 1. The van der Waals surface area contributed by atoms with Gasteiger partial charge in [-0.3, -0.25) is 4.68 Å². The monoisotopic (exact) mass is 286 g/mol. The fraction of sp³-hybridized carbons (Fsp3) is 0.333. The Bertz CT molecular complexity index is 671. The van der Waals surface area contributed by atoms with Gasteiger partial charge in [-0.15, -0.1) is 0 Å². The molecule has 6 nitrogen and oxygen atoms in total. The lowest BCUT2D eigenvalue weighted by Crippen LogP contribution is -2.30.